The van der Waals surface area contributed by atoms with Gasteiger partial charge in [-0.2, -0.15) is 0 Å². The first-order chi connectivity index (χ1) is 3.77. The number of allylic oxidation sites excluding steroid dienone is 1. The van der Waals surface area contributed by atoms with Crippen LogP contribution in [0.2, 0.25) is 0 Å². The summed E-state index contributed by atoms with van der Waals surface area (Å²) in [5, 5.41) is 9.59. The first-order valence-electron chi connectivity index (χ1n) is 2.57. The van der Waals surface area contributed by atoms with Gasteiger partial charge in [0.1, 0.15) is 0 Å². The average Bonchev–Trinajstić information content (AvgIpc) is 1.66. The molecule has 0 saturated carbocycles. The lowest BCUT2D eigenvalue weighted by atomic mass is 10.3. The fourth-order valence-electron chi connectivity index (χ4n) is 0.327. The molecule has 0 N–H and O–H groups in total. The van der Waals surface area contributed by atoms with Gasteiger partial charge < -0.3 is 0 Å². The number of nitrogens with zero attached hydrogens (tertiary/aromatic N) is 1. The summed E-state index contributed by atoms with van der Waals surface area (Å²) >= 11 is 0. The topological polar surface area (TPSA) is 43.1 Å². The normalized spacial score (nSPS) is 10.1. The van der Waals surface area contributed by atoms with Crippen LogP contribution in [0.1, 0.15) is 19.8 Å². The first-order valence-corrected chi connectivity index (χ1v) is 2.57. The van der Waals surface area contributed by atoms with Crippen molar-refractivity contribution < 1.29 is 4.92 Å². The van der Waals surface area contributed by atoms with Crippen LogP contribution in [0.3, 0.4) is 0 Å². The van der Waals surface area contributed by atoms with Gasteiger partial charge in [-0.05, 0) is 12.5 Å². The fourth-order valence-corrected chi connectivity index (χ4v) is 0.327. The summed E-state index contributed by atoms with van der Waals surface area (Å²) < 4.78 is 0. The molecule has 0 rings (SSSR count). The molecule has 0 bridgehead atoms. The van der Waals surface area contributed by atoms with Crippen LogP contribution in [0.25, 0.3) is 0 Å². The molecule has 0 aliphatic rings. The molecular weight excluding hydrogens is 106 g/mol. The van der Waals surface area contributed by atoms with Crippen molar-refractivity contribution in [1.29, 1.82) is 0 Å². The Labute approximate surface area is 48.2 Å². The van der Waals surface area contributed by atoms with E-state index in [-0.39, 0.29) is 0 Å². The van der Waals surface area contributed by atoms with Crippen molar-refractivity contribution in [2.75, 3.05) is 0 Å². The van der Waals surface area contributed by atoms with Gasteiger partial charge in [0.05, 0.1) is 4.92 Å². The highest BCUT2D eigenvalue weighted by Gasteiger charge is 1.80. The van der Waals surface area contributed by atoms with Crippen LogP contribution in [0.15, 0.2) is 12.3 Å². The molecule has 0 aromatic carbocycles. The van der Waals surface area contributed by atoms with Crippen LogP contribution in [-0.4, -0.2) is 4.92 Å². The quantitative estimate of drug-likeness (QED) is 0.414. The molecule has 0 aliphatic heterocycles. The summed E-state index contributed by atoms with van der Waals surface area (Å²) in [6, 6.07) is 0. The van der Waals surface area contributed by atoms with Crippen LogP contribution < -0.4 is 0 Å². The minimum absolute atomic E-state index is 0.449. The summed E-state index contributed by atoms with van der Waals surface area (Å²) in [6.07, 6.45) is 4.29. The van der Waals surface area contributed by atoms with Gasteiger partial charge in [-0.15, -0.1) is 0 Å². The van der Waals surface area contributed by atoms with Gasteiger partial charge in [0, 0.05) is 0 Å². The molecule has 0 heterocycles. The molecule has 0 aromatic heterocycles. The molecule has 46 valence electrons. The zero-order chi connectivity index (χ0) is 6.41. The molecule has 8 heavy (non-hydrogen) atoms. The summed E-state index contributed by atoms with van der Waals surface area (Å²) in [7, 11) is 0. The predicted molar refractivity (Wildman–Crippen MR) is 31.0 cm³/mol. The van der Waals surface area contributed by atoms with Crippen molar-refractivity contribution in [2.45, 2.75) is 19.8 Å². The Bertz CT molecular complexity index is 98.6. The number of unbranched alkanes of at least 4 members (excludes halogenated alkanes) is 1. The van der Waals surface area contributed by atoms with Crippen molar-refractivity contribution in [2.24, 2.45) is 0 Å². The first kappa shape index (κ1) is 7.14. The molecule has 3 nitrogen and oxygen atoms in total. The highest BCUT2D eigenvalue weighted by molar-refractivity contribution is 4.70. The lowest BCUT2D eigenvalue weighted by molar-refractivity contribution is -0.402. The van der Waals surface area contributed by atoms with Gasteiger partial charge >= 0.3 is 0 Å². The van der Waals surface area contributed by atoms with E-state index in [0.29, 0.717) is 0 Å². The van der Waals surface area contributed by atoms with Crippen LogP contribution in [0.4, 0.5) is 0 Å². The molecule has 3 heteroatoms. The van der Waals surface area contributed by atoms with Crippen LogP contribution >= 0.6 is 0 Å². The lowest BCUT2D eigenvalue weighted by Gasteiger charge is -1.78. The van der Waals surface area contributed by atoms with E-state index in [1.807, 2.05) is 6.92 Å². The molecule has 0 unspecified atom stereocenters. The van der Waals surface area contributed by atoms with Crippen molar-refractivity contribution in [3.05, 3.63) is 22.4 Å². The molecule has 0 radical (unpaired) electrons. The average molecular weight is 115 g/mol. The summed E-state index contributed by atoms with van der Waals surface area (Å²) in [4.78, 5) is 9.14. The van der Waals surface area contributed by atoms with Crippen LogP contribution in [-0.2, 0) is 0 Å². The van der Waals surface area contributed by atoms with Crippen LogP contribution in [0, 0.1) is 10.1 Å². The van der Waals surface area contributed by atoms with Crippen molar-refractivity contribution in [1.82, 2.24) is 0 Å². The second-order valence-electron chi connectivity index (χ2n) is 1.46. The smallest absolute Gasteiger partial charge is 0.230 e. The maximum absolute atomic E-state index is 9.59. The highest BCUT2D eigenvalue weighted by atomic mass is 16.6. The second-order valence-corrected chi connectivity index (χ2v) is 1.46. The van der Waals surface area contributed by atoms with Gasteiger partial charge in [-0.3, -0.25) is 10.1 Å². The van der Waals surface area contributed by atoms with Gasteiger partial charge in [-0.25, -0.2) is 0 Å². The predicted octanol–water partition coefficient (Wildman–Crippen LogP) is 1.58. The molecule has 0 amide bonds. The third-order valence-corrected chi connectivity index (χ3v) is 0.682. The van der Waals surface area contributed by atoms with E-state index in [2.05, 4.69) is 0 Å². The fraction of sp³-hybridized carbons (Fsp3) is 0.600. The largest absolute Gasteiger partial charge is 0.259 e. The Morgan fingerprint density at radius 3 is 2.75 bits per heavy atom. The summed E-state index contributed by atoms with van der Waals surface area (Å²) in [5.74, 6) is 0. The van der Waals surface area contributed by atoms with E-state index in [0.717, 1.165) is 19.0 Å². The lowest BCUT2D eigenvalue weighted by Crippen LogP contribution is -1.81. The zero-order valence-corrected chi connectivity index (χ0v) is 4.83. The van der Waals surface area contributed by atoms with E-state index in [4.69, 9.17) is 0 Å². The highest BCUT2D eigenvalue weighted by Crippen LogP contribution is 1.86. The van der Waals surface area contributed by atoms with Crippen LogP contribution in [0.5, 0.6) is 0 Å². The number of hydrogen-bond acceptors (Lipinski definition) is 2. The maximum atomic E-state index is 9.59. The summed E-state index contributed by atoms with van der Waals surface area (Å²) in [5.41, 5.74) is 0. The minimum Gasteiger partial charge on any atom is -0.259 e. The Balaban J connectivity index is 3.20. The Hall–Kier alpha value is -0.860. The molecule has 0 saturated heterocycles. The molecule has 0 aromatic rings. The van der Waals surface area contributed by atoms with Gasteiger partial charge in [0.15, 0.2) is 0 Å². The number of rotatable bonds is 3. The van der Waals surface area contributed by atoms with E-state index < -0.39 is 4.92 Å². The van der Waals surface area contributed by atoms with E-state index in [9.17, 15) is 10.1 Å². The van der Waals surface area contributed by atoms with Gasteiger partial charge in [0.2, 0.25) is 6.20 Å². The second kappa shape index (κ2) is 4.30. The van der Waals surface area contributed by atoms with Crippen molar-refractivity contribution >= 4 is 0 Å². The van der Waals surface area contributed by atoms with Crippen molar-refractivity contribution in [3.63, 3.8) is 0 Å². The number of nitro groups is 1. The Kier molecular flexibility index (Phi) is 3.84. The Morgan fingerprint density at radius 2 is 2.38 bits per heavy atom. The van der Waals surface area contributed by atoms with E-state index in [1.54, 1.807) is 6.08 Å². The number of hydrogen-bond donors (Lipinski definition) is 0. The molecule has 0 aliphatic carbocycles. The molecule has 0 atom stereocenters. The third-order valence-electron chi connectivity index (χ3n) is 0.682. The van der Waals surface area contributed by atoms with Crippen molar-refractivity contribution in [3.8, 4) is 0 Å². The minimum atomic E-state index is -0.449. The van der Waals surface area contributed by atoms with E-state index >= 15 is 0 Å². The third kappa shape index (κ3) is 5.14. The molecular formula is C5H9NO2. The standard InChI is InChI=1S/C5H9NO2/c1-2-3-4-5-6(7)8/h4-5H,2-3H2,1H3. The van der Waals surface area contributed by atoms with E-state index in [1.165, 1.54) is 0 Å². The van der Waals surface area contributed by atoms with Gasteiger partial charge in [0.25, 0.3) is 0 Å². The monoisotopic (exact) mass is 115 g/mol. The summed E-state index contributed by atoms with van der Waals surface area (Å²) in [6.45, 7) is 1.98. The zero-order valence-electron chi connectivity index (χ0n) is 4.83. The Morgan fingerprint density at radius 1 is 1.75 bits per heavy atom. The maximum Gasteiger partial charge on any atom is 0.230 e. The SMILES string of the molecule is CCCC=C[N+](=O)[O-]. The molecule has 0 spiro atoms. The van der Waals surface area contributed by atoms with Gasteiger partial charge in [-0.1, -0.05) is 13.3 Å². The molecule has 0 fully saturated rings.